The van der Waals surface area contributed by atoms with Crippen molar-refractivity contribution >= 4 is 11.6 Å². The molecular weight excluding hydrogens is 295 g/mol. The summed E-state index contributed by atoms with van der Waals surface area (Å²) in [7, 11) is 0. The number of nitrogens with zero attached hydrogens (tertiary/aromatic N) is 2. The summed E-state index contributed by atoms with van der Waals surface area (Å²) in [6.07, 6.45) is 0. The Morgan fingerprint density at radius 3 is 2.26 bits per heavy atom. The molecule has 120 valence electrons. The molecule has 0 N–H and O–H groups in total. The fraction of sp³-hybridized carbons (Fsp3) is 0.278. The maximum Gasteiger partial charge on any atom is 0.260 e. The molecule has 0 atom stereocenters. The normalized spacial score (nSPS) is 14.7. The van der Waals surface area contributed by atoms with Gasteiger partial charge in [-0.25, -0.2) is 4.39 Å². The van der Waals surface area contributed by atoms with Gasteiger partial charge in [0.1, 0.15) is 11.6 Å². The van der Waals surface area contributed by atoms with Crippen LogP contribution in [0.4, 0.5) is 10.1 Å². The molecule has 1 amide bonds. The number of rotatable bonds is 4. The molecule has 3 rings (SSSR count). The summed E-state index contributed by atoms with van der Waals surface area (Å²) in [6, 6.07) is 15.9. The number of hydrogen-bond acceptors (Lipinski definition) is 3. The number of ether oxygens (including phenoxy) is 1. The highest BCUT2D eigenvalue weighted by Gasteiger charge is 2.21. The first-order valence-electron chi connectivity index (χ1n) is 7.68. The zero-order valence-electron chi connectivity index (χ0n) is 12.8. The lowest BCUT2D eigenvalue weighted by Gasteiger charge is -2.36. The molecule has 5 heteroatoms. The van der Waals surface area contributed by atoms with Crippen LogP contribution in [0.2, 0.25) is 0 Å². The number of amides is 1. The van der Waals surface area contributed by atoms with Crippen LogP contribution in [0.15, 0.2) is 54.6 Å². The minimum absolute atomic E-state index is 0.0169. The lowest BCUT2D eigenvalue weighted by Crippen LogP contribution is -2.50. The molecule has 0 radical (unpaired) electrons. The Hall–Kier alpha value is -2.56. The van der Waals surface area contributed by atoms with Gasteiger partial charge >= 0.3 is 0 Å². The van der Waals surface area contributed by atoms with E-state index in [4.69, 9.17) is 4.74 Å². The van der Waals surface area contributed by atoms with Crippen LogP contribution < -0.4 is 9.64 Å². The van der Waals surface area contributed by atoms with E-state index in [0.717, 1.165) is 13.1 Å². The van der Waals surface area contributed by atoms with Crippen molar-refractivity contribution in [3.8, 4) is 5.75 Å². The Kier molecular flexibility index (Phi) is 4.76. The van der Waals surface area contributed by atoms with Crippen molar-refractivity contribution in [1.29, 1.82) is 0 Å². The second kappa shape index (κ2) is 7.13. The van der Waals surface area contributed by atoms with Crippen LogP contribution in [0.1, 0.15) is 0 Å². The van der Waals surface area contributed by atoms with Crippen molar-refractivity contribution in [3.63, 3.8) is 0 Å². The number of piperazine rings is 1. The van der Waals surface area contributed by atoms with Crippen LogP contribution in [0.5, 0.6) is 5.75 Å². The number of hydrogen-bond donors (Lipinski definition) is 0. The van der Waals surface area contributed by atoms with Crippen molar-refractivity contribution in [2.24, 2.45) is 0 Å². The average Bonchev–Trinajstić information content (AvgIpc) is 2.62. The molecule has 0 spiro atoms. The Morgan fingerprint density at radius 1 is 0.957 bits per heavy atom. The molecule has 1 aliphatic rings. The van der Waals surface area contributed by atoms with E-state index in [2.05, 4.69) is 17.0 Å². The van der Waals surface area contributed by atoms with Gasteiger partial charge in [-0.1, -0.05) is 18.2 Å². The third-order valence-electron chi connectivity index (χ3n) is 3.93. The first kappa shape index (κ1) is 15.3. The first-order chi connectivity index (χ1) is 11.2. The summed E-state index contributed by atoms with van der Waals surface area (Å²) in [5.74, 6) is 0.144. The van der Waals surface area contributed by atoms with E-state index < -0.39 is 0 Å². The first-order valence-corrected chi connectivity index (χ1v) is 7.68. The topological polar surface area (TPSA) is 32.8 Å². The monoisotopic (exact) mass is 314 g/mol. The minimum atomic E-state index is -0.319. The van der Waals surface area contributed by atoms with Gasteiger partial charge in [0.05, 0.1) is 0 Å². The largest absolute Gasteiger partial charge is 0.484 e. The van der Waals surface area contributed by atoms with E-state index in [9.17, 15) is 9.18 Å². The maximum absolute atomic E-state index is 12.8. The number of benzene rings is 2. The highest BCUT2D eigenvalue weighted by atomic mass is 19.1. The van der Waals surface area contributed by atoms with Gasteiger partial charge in [-0.15, -0.1) is 0 Å². The molecule has 1 heterocycles. The summed E-state index contributed by atoms with van der Waals surface area (Å²) in [5, 5.41) is 0. The van der Waals surface area contributed by atoms with Crippen molar-refractivity contribution in [2.45, 2.75) is 0 Å². The molecule has 4 nitrogen and oxygen atoms in total. The predicted molar refractivity (Wildman–Crippen MR) is 87.1 cm³/mol. The second-order valence-corrected chi connectivity index (χ2v) is 5.45. The van der Waals surface area contributed by atoms with Gasteiger partial charge in [-0.05, 0) is 36.4 Å². The molecule has 2 aromatic carbocycles. The van der Waals surface area contributed by atoms with Crippen LogP contribution >= 0.6 is 0 Å². The van der Waals surface area contributed by atoms with Crippen molar-refractivity contribution in [3.05, 3.63) is 60.4 Å². The summed E-state index contributed by atoms with van der Waals surface area (Å²) < 4.78 is 18.2. The van der Waals surface area contributed by atoms with Gasteiger partial charge in [0, 0.05) is 31.9 Å². The van der Waals surface area contributed by atoms with Crippen LogP contribution in [0.25, 0.3) is 0 Å². The third kappa shape index (κ3) is 4.00. The number of para-hydroxylation sites is 1. The van der Waals surface area contributed by atoms with Crippen LogP contribution in [0, 0.1) is 5.82 Å². The van der Waals surface area contributed by atoms with Gasteiger partial charge in [-0.2, -0.15) is 0 Å². The number of anilines is 1. The second-order valence-electron chi connectivity index (χ2n) is 5.45. The summed E-state index contributed by atoms with van der Waals surface area (Å²) in [4.78, 5) is 16.3. The van der Waals surface area contributed by atoms with Gasteiger partial charge in [0.25, 0.3) is 5.91 Å². The maximum atomic E-state index is 12.8. The Morgan fingerprint density at radius 2 is 1.61 bits per heavy atom. The number of carbonyl (C=O) groups is 1. The van der Waals surface area contributed by atoms with Crippen molar-refractivity contribution < 1.29 is 13.9 Å². The van der Waals surface area contributed by atoms with E-state index in [0.29, 0.717) is 18.8 Å². The highest BCUT2D eigenvalue weighted by Crippen LogP contribution is 2.16. The van der Waals surface area contributed by atoms with Crippen molar-refractivity contribution in [1.82, 2.24) is 4.90 Å². The highest BCUT2D eigenvalue weighted by molar-refractivity contribution is 5.78. The quantitative estimate of drug-likeness (QED) is 0.869. The SMILES string of the molecule is O=C(COc1ccc(F)cc1)N1CCN(c2ccccc2)CC1. The fourth-order valence-corrected chi connectivity index (χ4v) is 2.62. The molecule has 0 saturated carbocycles. The van der Waals surface area contributed by atoms with Crippen LogP contribution in [-0.4, -0.2) is 43.6 Å². The molecule has 2 aromatic rings. The van der Waals surface area contributed by atoms with E-state index in [-0.39, 0.29) is 18.3 Å². The standard InChI is InChI=1S/C18H19FN2O2/c19-15-6-8-17(9-7-15)23-14-18(22)21-12-10-20(11-13-21)16-4-2-1-3-5-16/h1-9H,10-14H2. The van der Waals surface area contributed by atoms with E-state index >= 15 is 0 Å². The molecule has 23 heavy (non-hydrogen) atoms. The summed E-state index contributed by atoms with van der Waals surface area (Å²) >= 11 is 0. The molecule has 1 saturated heterocycles. The van der Waals surface area contributed by atoms with E-state index in [1.165, 1.54) is 30.0 Å². The Balaban J connectivity index is 1.47. The Bertz CT molecular complexity index is 638. The summed E-state index contributed by atoms with van der Waals surface area (Å²) in [6.45, 7) is 2.97. The van der Waals surface area contributed by atoms with Gasteiger partial charge in [0.2, 0.25) is 0 Å². The van der Waals surface area contributed by atoms with E-state index in [1.54, 1.807) is 0 Å². The summed E-state index contributed by atoms with van der Waals surface area (Å²) in [5.41, 5.74) is 1.18. The zero-order valence-corrected chi connectivity index (χ0v) is 12.8. The van der Waals surface area contributed by atoms with Crippen molar-refractivity contribution in [2.75, 3.05) is 37.7 Å². The predicted octanol–water partition coefficient (Wildman–Crippen LogP) is 2.55. The smallest absolute Gasteiger partial charge is 0.260 e. The molecule has 1 aliphatic heterocycles. The number of halogens is 1. The molecule has 0 aromatic heterocycles. The Labute approximate surface area is 135 Å². The number of carbonyl (C=O) groups excluding carboxylic acids is 1. The lowest BCUT2D eigenvalue weighted by molar-refractivity contribution is -0.133. The van der Waals surface area contributed by atoms with Gasteiger partial charge < -0.3 is 14.5 Å². The van der Waals surface area contributed by atoms with Gasteiger partial charge in [0.15, 0.2) is 6.61 Å². The van der Waals surface area contributed by atoms with Crippen LogP contribution in [0.3, 0.4) is 0 Å². The average molecular weight is 314 g/mol. The zero-order chi connectivity index (χ0) is 16.1. The minimum Gasteiger partial charge on any atom is -0.484 e. The third-order valence-corrected chi connectivity index (χ3v) is 3.93. The molecular formula is C18H19FN2O2. The van der Waals surface area contributed by atoms with E-state index in [1.807, 2.05) is 23.1 Å². The fourth-order valence-electron chi connectivity index (χ4n) is 2.62. The molecule has 1 fully saturated rings. The molecule has 0 unspecified atom stereocenters. The van der Waals surface area contributed by atoms with Crippen LogP contribution in [-0.2, 0) is 4.79 Å². The lowest BCUT2D eigenvalue weighted by atomic mass is 10.2. The molecule has 0 bridgehead atoms. The molecule has 0 aliphatic carbocycles. The van der Waals surface area contributed by atoms with Gasteiger partial charge in [-0.3, -0.25) is 4.79 Å².